The molecule has 2 aromatic heterocycles. The third kappa shape index (κ3) is 3.07. The van der Waals surface area contributed by atoms with Gasteiger partial charge in [0.25, 0.3) is 5.69 Å². The predicted octanol–water partition coefficient (Wildman–Crippen LogP) is 1.69. The topological polar surface area (TPSA) is 114 Å². The van der Waals surface area contributed by atoms with Crippen molar-refractivity contribution in [3.63, 3.8) is 0 Å². The molecule has 9 heteroatoms. The molecule has 3 aromatic rings. The van der Waals surface area contributed by atoms with Crippen LogP contribution in [0.5, 0.6) is 0 Å². The van der Waals surface area contributed by atoms with Crippen LogP contribution in [-0.2, 0) is 4.79 Å². The third-order valence-corrected chi connectivity index (χ3v) is 3.10. The van der Waals surface area contributed by atoms with E-state index in [-0.39, 0.29) is 23.8 Å². The van der Waals surface area contributed by atoms with Crippen molar-refractivity contribution in [2.45, 2.75) is 0 Å². The largest absolute Gasteiger partial charge is 0.371 e. The highest BCUT2D eigenvalue weighted by Crippen LogP contribution is 2.22. The number of para-hydroxylation sites is 2. The number of nitrogens with zero attached hydrogens (tertiary/aromatic N) is 4. The van der Waals surface area contributed by atoms with Crippen LogP contribution in [0.25, 0.3) is 5.65 Å². The zero-order valence-electron chi connectivity index (χ0n) is 11.8. The van der Waals surface area contributed by atoms with Gasteiger partial charge >= 0.3 is 0 Å². The fourth-order valence-electron chi connectivity index (χ4n) is 2.07. The van der Waals surface area contributed by atoms with Crippen LogP contribution in [0.3, 0.4) is 0 Å². The van der Waals surface area contributed by atoms with Gasteiger partial charge in [-0.1, -0.05) is 12.1 Å². The van der Waals surface area contributed by atoms with Crippen molar-refractivity contribution in [3.8, 4) is 0 Å². The minimum absolute atomic E-state index is 0.0846. The SMILES string of the molecule is O=C(CNc1ccccc1[N+](=O)[O-])Nc1ccnc2ccnn12. The van der Waals surface area contributed by atoms with Gasteiger partial charge in [-0.25, -0.2) is 4.98 Å². The molecule has 1 amide bonds. The minimum Gasteiger partial charge on any atom is -0.371 e. The number of carbonyl (C=O) groups is 1. The Morgan fingerprint density at radius 2 is 2.04 bits per heavy atom. The summed E-state index contributed by atoms with van der Waals surface area (Å²) in [6.45, 7) is -0.115. The van der Waals surface area contributed by atoms with Crippen LogP contribution in [0.1, 0.15) is 0 Å². The first-order chi connectivity index (χ1) is 11.1. The number of anilines is 2. The summed E-state index contributed by atoms with van der Waals surface area (Å²) in [6, 6.07) is 9.46. The maximum absolute atomic E-state index is 12.0. The van der Waals surface area contributed by atoms with Crippen molar-refractivity contribution in [1.29, 1.82) is 0 Å². The molecule has 0 aliphatic rings. The molecule has 0 unspecified atom stereocenters. The number of fused-ring (bicyclic) bond motifs is 1. The van der Waals surface area contributed by atoms with Gasteiger partial charge in [0.05, 0.1) is 17.7 Å². The van der Waals surface area contributed by atoms with Gasteiger partial charge in [0.15, 0.2) is 5.65 Å². The lowest BCUT2D eigenvalue weighted by atomic mass is 10.2. The van der Waals surface area contributed by atoms with Gasteiger partial charge < -0.3 is 10.6 Å². The van der Waals surface area contributed by atoms with Crippen molar-refractivity contribution in [1.82, 2.24) is 14.6 Å². The molecule has 0 bridgehead atoms. The zero-order valence-corrected chi connectivity index (χ0v) is 11.8. The van der Waals surface area contributed by atoms with Gasteiger partial charge in [-0.3, -0.25) is 14.9 Å². The molecule has 9 nitrogen and oxygen atoms in total. The molecule has 0 atom stereocenters. The molecule has 2 N–H and O–H groups in total. The Kier molecular flexibility index (Phi) is 3.83. The number of nitro benzene ring substituents is 1. The van der Waals surface area contributed by atoms with Gasteiger partial charge in [0, 0.05) is 18.3 Å². The number of nitro groups is 1. The average molecular weight is 312 g/mol. The van der Waals surface area contributed by atoms with Gasteiger partial charge in [0.2, 0.25) is 5.91 Å². The Morgan fingerprint density at radius 3 is 2.87 bits per heavy atom. The molecular weight excluding hydrogens is 300 g/mol. The van der Waals surface area contributed by atoms with Crippen LogP contribution in [0.4, 0.5) is 17.2 Å². The Labute approximate surface area is 130 Å². The van der Waals surface area contributed by atoms with Gasteiger partial charge in [0.1, 0.15) is 11.5 Å². The monoisotopic (exact) mass is 312 g/mol. The molecule has 0 aliphatic heterocycles. The second kappa shape index (κ2) is 6.10. The molecule has 0 saturated heterocycles. The van der Waals surface area contributed by atoms with E-state index in [0.717, 1.165) is 0 Å². The maximum Gasteiger partial charge on any atom is 0.292 e. The van der Waals surface area contributed by atoms with Crippen LogP contribution in [-0.4, -0.2) is 32.0 Å². The Balaban J connectivity index is 1.69. The fraction of sp³-hybridized carbons (Fsp3) is 0.0714. The summed E-state index contributed by atoms with van der Waals surface area (Å²) < 4.78 is 1.49. The van der Waals surface area contributed by atoms with E-state index in [2.05, 4.69) is 20.7 Å². The number of benzene rings is 1. The second-order valence-corrected chi connectivity index (χ2v) is 4.61. The molecule has 23 heavy (non-hydrogen) atoms. The van der Waals surface area contributed by atoms with Crippen LogP contribution in [0.2, 0.25) is 0 Å². The summed E-state index contributed by atoms with van der Waals surface area (Å²) >= 11 is 0. The number of hydrogen-bond donors (Lipinski definition) is 2. The molecule has 0 saturated carbocycles. The maximum atomic E-state index is 12.0. The molecule has 116 valence electrons. The van der Waals surface area contributed by atoms with Crippen molar-refractivity contribution in [2.24, 2.45) is 0 Å². The van der Waals surface area contributed by atoms with Crippen LogP contribution < -0.4 is 10.6 Å². The Bertz CT molecular complexity index is 876. The van der Waals surface area contributed by atoms with Crippen molar-refractivity contribution in [2.75, 3.05) is 17.2 Å². The smallest absolute Gasteiger partial charge is 0.292 e. The minimum atomic E-state index is -0.504. The van der Waals surface area contributed by atoms with Gasteiger partial charge in [-0.2, -0.15) is 9.61 Å². The summed E-state index contributed by atoms with van der Waals surface area (Å²) in [5, 5.41) is 20.4. The summed E-state index contributed by atoms with van der Waals surface area (Å²) in [5.74, 6) is 0.112. The van der Waals surface area contributed by atoms with Crippen molar-refractivity contribution in [3.05, 3.63) is 58.9 Å². The molecule has 1 aromatic carbocycles. The van der Waals surface area contributed by atoms with E-state index in [9.17, 15) is 14.9 Å². The fourth-order valence-corrected chi connectivity index (χ4v) is 2.07. The third-order valence-electron chi connectivity index (χ3n) is 3.10. The Morgan fingerprint density at radius 1 is 1.22 bits per heavy atom. The Hall–Kier alpha value is -3.49. The average Bonchev–Trinajstić information content (AvgIpc) is 3.03. The summed E-state index contributed by atoms with van der Waals surface area (Å²) in [6.07, 6.45) is 3.13. The number of carbonyl (C=O) groups excluding carboxylic acids is 1. The van der Waals surface area contributed by atoms with Gasteiger partial charge in [-0.15, -0.1) is 0 Å². The molecule has 0 aliphatic carbocycles. The summed E-state index contributed by atoms with van der Waals surface area (Å²) in [7, 11) is 0. The lowest BCUT2D eigenvalue weighted by Crippen LogP contribution is -2.23. The molecular formula is C14H12N6O3. The molecule has 3 rings (SSSR count). The zero-order chi connectivity index (χ0) is 16.2. The first kappa shape index (κ1) is 14.4. The van der Waals surface area contributed by atoms with E-state index in [1.54, 1.807) is 42.7 Å². The first-order valence-electron chi connectivity index (χ1n) is 6.71. The second-order valence-electron chi connectivity index (χ2n) is 4.61. The highest BCUT2D eigenvalue weighted by molar-refractivity contribution is 5.93. The van der Waals surface area contributed by atoms with E-state index >= 15 is 0 Å². The lowest BCUT2D eigenvalue weighted by molar-refractivity contribution is -0.383. The summed E-state index contributed by atoms with van der Waals surface area (Å²) in [4.78, 5) is 26.5. The quantitative estimate of drug-likeness (QED) is 0.547. The highest BCUT2D eigenvalue weighted by Gasteiger charge is 2.13. The van der Waals surface area contributed by atoms with E-state index in [1.807, 2.05) is 0 Å². The van der Waals surface area contributed by atoms with E-state index < -0.39 is 4.92 Å². The summed E-state index contributed by atoms with van der Waals surface area (Å²) in [5.41, 5.74) is 0.805. The van der Waals surface area contributed by atoms with E-state index in [4.69, 9.17) is 0 Å². The predicted molar refractivity (Wildman–Crippen MR) is 83.2 cm³/mol. The normalized spacial score (nSPS) is 10.4. The number of rotatable bonds is 5. The first-order valence-corrected chi connectivity index (χ1v) is 6.71. The molecule has 2 heterocycles. The van der Waals surface area contributed by atoms with Crippen molar-refractivity contribution >= 4 is 28.7 Å². The number of nitrogens with one attached hydrogen (secondary N) is 2. The lowest BCUT2D eigenvalue weighted by Gasteiger charge is -2.09. The highest BCUT2D eigenvalue weighted by atomic mass is 16.6. The van der Waals surface area contributed by atoms with E-state index in [1.165, 1.54) is 10.6 Å². The van der Waals surface area contributed by atoms with Crippen LogP contribution in [0, 0.1) is 10.1 Å². The molecule has 0 fully saturated rings. The standard InChI is InChI=1S/C14H12N6O3/c21-14(9-16-10-3-1-2-4-11(10)20(22)23)18-13-5-7-15-12-6-8-17-19(12)13/h1-8,16H,9H2,(H,18,21). The van der Waals surface area contributed by atoms with Gasteiger partial charge in [-0.05, 0) is 12.1 Å². The van der Waals surface area contributed by atoms with E-state index in [0.29, 0.717) is 11.5 Å². The van der Waals surface area contributed by atoms with Crippen LogP contribution >= 0.6 is 0 Å². The van der Waals surface area contributed by atoms with Crippen molar-refractivity contribution < 1.29 is 9.72 Å². The van der Waals surface area contributed by atoms with Crippen LogP contribution in [0.15, 0.2) is 48.8 Å². The number of aromatic nitrogens is 3. The number of hydrogen-bond acceptors (Lipinski definition) is 6. The number of amides is 1. The molecule has 0 spiro atoms. The molecule has 0 radical (unpaired) electrons.